The van der Waals surface area contributed by atoms with E-state index in [0.717, 1.165) is 0 Å². The monoisotopic (exact) mass is 478 g/mol. The van der Waals surface area contributed by atoms with E-state index in [4.69, 9.17) is 4.74 Å². The molecule has 0 radical (unpaired) electrons. The van der Waals surface area contributed by atoms with E-state index in [1.165, 1.54) is 48.6 Å². The van der Waals surface area contributed by atoms with Crippen LogP contribution in [-0.4, -0.2) is 51.4 Å². The number of hydrogen-bond donors (Lipinski definition) is 4. The second-order valence-electron chi connectivity index (χ2n) is 7.88. The molecule has 9 heteroatoms. The van der Waals surface area contributed by atoms with Crippen LogP contribution in [0.2, 0.25) is 0 Å². The van der Waals surface area contributed by atoms with Crippen LogP contribution in [0.3, 0.4) is 0 Å². The third-order valence-corrected chi connectivity index (χ3v) is 5.23. The van der Waals surface area contributed by atoms with Gasteiger partial charge in [0.15, 0.2) is 11.9 Å². The predicted octanol–water partition coefficient (Wildman–Crippen LogP) is 1.67. The normalized spacial score (nSPS) is 26.7. The van der Waals surface area contributed by atoms with Crippen molar-refractivity contribution in [2.45, 2.75) is 37.6 Å². The molecule has 1 saturated heterocycles. The minimum atomic E-state index is -1.60. The minimum absolute atomic E-state index is 0.0532. The summed E-state index contributed by atoms with van der Waals surface area (Å²) in [6.07, 6.45) is 18.5. The minimum Gasteiger partial charge on any atom is -0.510 e. The molecule has 3 rings (SSSR count). The number of carbonyl (C=O) groups is 4. The van der Waals surface area contributed by atoms with E-state index in [2.05, 4.69) is 10.6 Å². The molecule has 0 aromatic carbocycles. The van der Waals surface area contributed by atoms with E-state index in [1.807, 2.05) is 13.0 Å². The maximum Gasteiger partial charge on any atom is 0.248 e. The van der Waals surface area contributed by atoms with Crippen LogP contribution in [0.25, 0.3) is 0 Å². The number of rotatable bonds is 9. The molecule has 35 heavy (non-hydrogen) atoms. The molecule has 3 atom stereocenters. The Labute approximate surface area is 202 Å². The van der Waals surface area contributed by atoms with E-state index >= 15 is 0 Å². The van der Waals surface area contributed by atoms with Crippen LogP contribution >= 0.6 is 0 Å². The average molecular weight is 479 g/mol. The predicted molar refractivity (Wildman–Crippen MR) is 127 cm³/mol. The van der Waals surface area contributed by atoms with E-state index in [1.54, 1.807) is 24.3 Å². The lowest BCUT2D eigenvalue weighted by Gasteiger charge is -2.23. The maximum atomic E-state index is 12.4. The van der Waals surface area contributed by atoms with Crippen LogP contribution in [0.1, 0.15) is 19.8 Å². The van der Waals surface area contributed by atoms with Gasteiger partial charge in [-0.1, -0.05) is 54.7 Å². The molecule has 2 amide bonds. The molecule has 3 aliphatic rings. The summed E-state index contributed by atoms with van der Waals surface area (Å²) >= 11 is 0. The second kappa shape index (κ2) is 11.4. The summed E-state index contributed by atoms with van der Waals surface area (Å²) in [5.41, 5.74) is -1.73. The number of hydrogen-bond acceptors (Lipinski definition) is 7. The summed E-state index contributed by atoms with van der Waals surface area (Å²) in [7, 11) is 0. The van der Waals surface area contributed by atoms with E-state index in [9.17, 15) is 29.4 Å². The number of aliphatic hydroxyl groups excluding tert-OH is 1. The molecule has 2 aliphatic carbocycles. The Morgan fingerprint density at radius 2 is 1.60 bits per heavy atom. The van der Waals surface area contributed by atoms with Gasteiger partial charge in [0.25, 0.3) is 0 Å². The number of allylic oxidation sites excluding steroid dienone is 11. The highest BCUT2D eigenvalue weighted by atomic mass is 16.6. The molecule has 182 valence electrons. The topological polar surface area (TPSA) is 145 Å². The Hall–Kier alpha value is -4.08. The Kier molecular flexibility index (Phi) is 8.30. The zero-order valence-electron chi connectivity index (χ0n) is 19.0. The number of carbonyl (C=O) groups excluding carboxylic acids is 4. The van der Waals surface area contributed by atoms with Crippen molar-refractivity contribution in [2.24, 2.45) is 0 Å². The summed E-state index contributed by atoms with van der Waals surface area (Å²) in [5, 5.41) is 25.3. The smallest absolute Gasteiger partial charge is 0.248 e. The van der Waals surface area contributed by atoms with Crippen LogP contribution in [-0.2, 0) is 23.9 Å². The standard InChI is InChI=1S/C26H26N2O7/c1-2-3-4-5-8-11-20(31)27-17-16-26(34,25-24(35-25)23(17)33)15-10-7-6-9-12-21(32)28-22-18(29)13-14-19(22)30/h2-12,15-16,24-25,29,34H,13-14H2,1H3,(H,27,31)(H,28,32)/b3-2+,5-4+,7-6+,11-8+,12-9+,15-10+/t24?,25?,26-/m0/s1. The zero-order chi connectivity index (χ0) is 25.4. The third kappa shape index (κ3) is 6.72. The molecule has 2 unspecified atom stereocenters. The first-order valence-electron chi connectivity index (χ1n) is 11.0. The molecule has 0 aromatic heterocycles. The van der Waals surface area contributed by atoms with Crippen LogP contribution in [0.15, 0.2) is 96.1 Å². The number of ether oxygens (including phenoxy) is 1. The largest absolute Gasteiger partial charge is 0.510 e. The van der Waals surface area contributed by atoms with Gasteiger partial charge in [-0.2, -0.15) is 0 Å². The number of Topliss-reactive ketones (excluding diaryl/α,β-unsaturated/α-hetero) is 2. The van der Waals surface area contributed by atoms with Crippen LogP contribution in [0.4, 0.5) is 0 Å². The van der Waals surface area contributed by atoms with E-state index in [0.29, 0.717) is 0 Å². The molecule has 0 aromatic rings. The van der Waals surface area contributed by atoms with Gasteiger partial charge >= 0.3 is 0 Å². The van der Waals surface area contributed by atoms with Crippen molar-refractivity contribution in [3.05, 3.63) is 96.1 Å². The molecule has 1 heterocycles. The van der Waals surface area contributed by atoms with Gasteiger partial charge in [0, 0.05) is 25.0 Å². The summed E-state index contributed by atoms with van der Waals surface area (Å²) in [6.45, 7) is 1.86. The summed E-state index contributed by atoms with van der Waals surface area (Å²) < 4.78 is 5.30. The Morgan fingerprint density at radius 1 is 0.971 bits per heavy atom. The van der Waals surface area contributed by atoms with Gasteiger partial charge in [0.2, 0.25) is 17.6 Å². The SMILES string of the molecule is C/C=C/C=C/C=C/C(=O)NC1=C[C@@](O)(/C=C/C=C/C=C/C(=O)NC2=C(O)CCC2=O)C2OC2C1=O. The molecule has 1 fully saturated rings. The number of amides is 2. The first-order valence-corrected chi connectivity index (χ1v) is 11.0. The Balaban J connectivity index is 1.57. The molecule has 0 saturated carbocycles. The molecule has 9 nitrogen and oxygen atoms in total. The number of fused-ring (bicyclic) bond motifs is 1. The van der Waals surface area contributed by atoms with Crippen LogP contribution < -0.4 is 10.6 Å². The highest BCUT2D eigenvalue weighted by molar-refractivity contribution is 6.06. The van der Waals surface area contributed by atoms with Crippen molar-refractivity contribution in [3.63, 3.8) is 0 Å². The van der Waals surface area contributed by atoms with E-state index in [-0.39, 0.29) is 35.8 Å². The highest BCUT2D eigenvalue weighted by Crippen LogP contribution is 2.40. The van der Waals surface area contributed by atoms with Crippen molar-refractivity contribution >= 4 is 23.4 Å². The van der Waals surface area contributed by atoms with Crippen molar-refractivity contribution in [2.75, 3.05) is 0 Å². The molecule has 0 spiro atoms. The van der Waals surface area contributed by atoms with Crippen molar-refractivity contribution in [1.29, 1.82) is 0 Å². The molecule has 4 N–H and O–H groups in total. The van der Waals surface area contributed by atoms with Gasteiger partial charge in [-0.3, -0.25) is 19.2 Å². The molecule has 1 aliphatic heterocycles. The van der Waals surface area contributed by atoms with Gasteiger partial charge < -0.3 is 25.6 Å². The van der Waals surface area contributed by atoms with Gasteiger partial charge in [0.1, 0.15) is 23.2 Å². The quantitative estimate of drug-likeness (QED) is 0.224. The maximum absolute atomic E-state index is 12.4. The van der Waals surface area contributed by atoms with Crippen LogP contribution in [0.5, 0.6) is 0 Å². The zero-order valence-corrected chi connectivity index (χ0v) is 19.0. The van der Waals surface area contributed by atoms with Crippen molar-refractivity contribution in [1.82, 2.24) is 10.6 Å². The van der Waals surface area contributed by atoms with Gasteiger partial charge in [0.05, 0.1) is 5.70 Å². The Morgan fingerprint density at radius 3 is 2.23 bits per heavy atom. The fraction of sp³-hybridized carbons (Fsp3) is 0.231. The van der Waals surface area contributed by atoms with Gasteiger partial charge in [-0.15, -0.1) is 0 Å². The lowest BCUT2D eigenvalue weighted by atomic mass is 9.88. The Bertz CT molecular complexity index is 1150. The third-order valence-electron chi connectivity index (χ3n) is 5.23. The summed E-state index contributed by atoms with van der Waals surface area (Å²) in [6, 6.07) is 0. The van der Waals surface area contributed by atoms with Gasteiger partial charge in [-0.25, -0.2) is 0 Å². The molecular weight excluding hydrogens is 452 g/mol. The molecular formula is C26H26N2O7. The number of nitrogens with one attached hydrogen (secondary N) is 2. The molecule has 0 bridgehead atoms. The number of aliphatic hydroxyl groups is 2. The lowest BCUT2D eigenvalue weighted by molar-refractivity contribution is -0.121. The summed E-state index contributed by atoms with van der Waals surface area (Å²) in [4.78, 5) is 47.8. The highest BCUT2D eigenvalue weighted by Gasteiger charge is 2.59. The van der Waals surface area contributed by atoms with E-state index < -0.39 is 35.4 Å². The van der Waals surface area contributed by atoms with Crippen LogP contribution in [0, 0.1) is 0 Å². The van der Waals surface area contributed by atoms with Crippen molar-refractivity contribution in [3.8, 4) is 0 Å². The number of epoxide rings is 1. The van der Waals surface area contributed by atoms with Crippen molar-refractivity contribution < 1.29 is 34.1 Å². The van der Waals surface area contributed by atoms with Gasteiger partial charge in [-0.05, 0) is 19.1 Å². The fourth-order valence-electron chi connectivity index (χ4n) is 3.43. The first-order chi connectivity index (χ1) is 16.7. The average Bonchev–Trinajstić information content (AvgIpc) is 3.58. The second-order valence-corrected chi connectivity index (χ2v) is 7.88. The fourth-order valence-corrected chi connectivity index (χ4v) is 3.43. The first kappa shape index (κ1) is 25.5. The summed E-state index contributed by atoms with van der Waals surface area (Å²) in [5.74, 6) is -1.94. The lowest BCUT2D eigenvalue weighted by Crippen LogP contribution is -2.42. The number of ketones is 2.